The zero-order valence-electron chi connectivity index (χ0n) is 18.2. The largest absolute Gasteiger partial charge is 0.468 e. The maximum absolute atomic E-state index is 14.2. The van der Waals surface area contributed by atoms with Crippen molar-refractivity contribution in [1.82, 2.24) is 9.78 Å². The second-order valence-electron chi connectivity index (χ2n) is 7.98. The third kappa shape index (κ3) is 2.79. The number of carbonyl (C=O) groups excluding carboxylic acids is 2. The summed E-state index contributed by atoms with van der Waals surface area (Å²) in [7, 11) is 1.24. The van der Waals surface area contributed by atoms with Crippen molar-refractivity contribution in [2.24, 2.45) is 5.92 Å². The third-order valence-corrected chi connectivity index (χ3v) is 6.45. The molecule has 10 heteroatoms. The molecule has 0 aliphatic carbocycles. The van der Waals surface area contributed by atoms with Crippen LogP contribution < -0.4 is 9.64 Å². The van der Waals surface area contributed by atoms with Gasteiger partial charge in [0, 0.05) is 10.7 Å². The van der Waals surface area contributed by atoms with Gasteiger partial charge in [0.05, 0.1) is 30.1 Å². The number of amides is 1. The first kappa shape index (κ1) is 21.7. The van der Waals surface area contributed by atoms with E-state index in [4.69, 9.17) is 26.5 Å². The van der Waals surface area contributed by atoms with Crippen LogP contribution in [0.15, 0.2) is 48.5 Å². The van der Waals surface area contributed by atoms with Crippen LogP contribution in [-0.2, 0) is 19.7 Å². The van der Waals surface area contributed by atoms with Crippen LogP contribution in [0.2, 0.25) is 5.02 Å². The van der Waals surface area contributed by atoms with Gasteiger partial charge < -0.3 is 9.47 Å². The Labute approximate surface area is 199 Å². The number of anilines is 1. The summed E-state index contributed by atoms with van der Waals surface area (Å²) in [6.45, 7) is 1.38. The number of rotatable bonds is 3. The Morgan fingerprint density at radius 2 is 2.09 bits per heavy atom. The van der Waals surface area contributed by atoms with Crippen LogP contribution in [0.1, 0.15) is 16.8 Å². The molecule has 0 bridgehead atoms. The molecule has 3 aromatic rings. The fourth-order valence-corrected chi connectivity index (χ4v) is 5.03. The number of aryl methyl sites for hydroxylation is 1. The lowest BCUT2D eigenvalue weighted by atomic mass is 9.65. The van der Waals surface area contributed by atoms with E-state index in [1.165, 1.54) is 16.7 Å². The normalized spacial score (nSPS) is 20.5. The third-order valence-electron chi connectivity index (χ3n) is 6.21. The first-order chi connectivity index (χ1) is 16.3. The number of esters is 1. The van der Waals surface area contributed by atoms with Crippen molar-refractivity contribution in [3.05, 3.63) is 70.4 Å². The molecule has 34 heavy (non-hydrogen) atoms. The lowest BCUT2D eigenvalue weighted by molar-refractivity contribution is -0.140. The van der Waals surface area contributed by atoms with Crippen LogP contribution in [0.3, 0.4) is 0 Å². The van der Waals surface area contributed by atoms with Crippen LogP contribution in [0, 0.1) is 29.6 Å². The van der Waals surface area contributed by atoms with Crippen molar-refractivity contribution >= 4 is 35.1 Å². The molecule has 1 aromatic heterocycles. The van der Waals surface area contributed by atoms with Crippen molar-refractivity contribution in [3.8, 4) is 17.6 Å². The lowest BCUT2D eigenvalue weighted by Crippen LogP contribution is -2.53. The number of carbonyl (C=O) groups is 2. The summed E-state index contributed by atoms with van der Waals surface area (Å²) in [6.07, 6.45) is 0. The molecular weight excluding hydrogens is 458 g/mol. The summed E-state index contributed by atoms with van der Waals surface area (Å²) in [5.74, 6) is -2.64. The van der Waals surface area contributed by atoms with Gasteiger partial charge in [0.25, 0.3) is 0 Å². The number of methoxy groups -OCH3 is 1. The molecule has 0 saturated carbocycles. The van der Waals surface area contributed by atoms with E-state index in [9.17, 15) is 14.9 Å². The van der Waals surface area contributed by atoms with Gasteiger partial charge in [0.1, 0.15) is 17.9 Å². The van der Waals surface area contributed by atoms with Gasteiger partial charge in [-0.3, -0.25) is 19.9 Å². The number of nitrogens with zero attached hydrogens (tertiary/aromatic N) is 4. The van der Waals surface area contributed by atoms with E-state index in [2.05, 4.69) is 11.2 Å². The van der Waals surface area contributed by atoms with E-state index in [0.717, 1.165) is 0 Å². The molecule has 2 atom stereocenters. The molecule has 0 fully saturated rings. The second kappa shape index (κ2) is 7.71. The van der Waals surface area contributed by atoms with Gasteiger partial charge in [0.15, 0.2) is 0 Å². The molecule has 3 heterocycles. The molecule has 2 unspecified atom stereocenters. The minimum absolute atomic E-state index is 0.152. The molecule has 2 aliphatic heterocycles. The van der Waals surface area contributed by atoms with E-state index >= 15 is 0 Å². The highest BCUT2D eigenvalue weighted by molar-refractivity contribution is 6.30. The van der Waals surface area contributed by atoms with Gasteiger partial charge in [-0.05, 0) is 36.8 Å². The summed E-state index contributed by atoms with van der Waals surface area (Å²) in [6, 6.07) is 15.9. The Bertz CT molecular complexity index is 1420. The molecule has 2 aromatic carbocycles. The Morgan fingerprint density at radius 3 is 2.79 bits per heavy atom. The monoisotopic (exact) mass is 475 g/mol. The van der Waals surface area contributed by atoms with Crippen LogP contribution in [0.4, 0.5) is 5.69 Å². The predicted octanol–water partition coefficient (Wildman–Crippen LogP) is 3.15. The number of aromatic nitrogens is 2. The van der Waals surface area contributed by atoms with E-state index in [-0.39, 0.29) is 18.3 Å². The van der Waals surface area contributed by atoms with Gasteiger partial charge in [-0.2, -0.15) is 10.4 Å². The highest BCUT2D eigenvalue weighted by Gasteiger charge is 2.64. The summed E-state index contributed by atoms with van der Waals surface area (Å²) in [5.41, 5.74) is 0.739. The van der Waals surface area contributed by atoms with Crippen LogP contribution in [0.25, 0.3) is 5.69 Å². The minimum Gasteiger partial charge on any atom is -0.468 e. The molecule has 9 nitrogen and oxygen atoms in total. The molecular formula is C24H18ClN5O4. The van der Waals surface area contributed by atoms with Crippen molar-refractivity contribution in [2.75, 3.05) is 18.6 Å². The van der Waals surface area contributed by atoms with E-state index < -0.39 is 23.2 Å². The molecule has 1 spiro atoms. The van der Waals surface area contributed by atoms with E-state index in [1.807, 2.05) is 0 Å². The first-order valence-electron chi connectivity index (χ1n) is 10.3. The summed E-state index contributed by atoms with van der Waals surface area (Å²) < 4.78 is 12.1. The summed E-state index contributed by atoms with van der Waals surface area (Å²) in [4.78, 5) is 27.6. The maximum atomic E-state index is 14.2. The Kier molecular flexibility index (Phi) is 4.92. The molecule has 0 saturated heterocycles. The number of hydrogen-bond donors (Lipinski definition) is 1. The van der Waals surface area contributed by atoms with E-state index in [0.29, 0.717) is 33.2 Å². The summed E-state index contributed by atoms with van der Waals surface area (Å²) >= 11 is 6.18. The van der Waals surface area contributed by atoms with Gasteiger partial charge >= 0.3 is 5.97 Å². The average Bonchev–Trinajstić information content (AvgIpc) is 3.27. The molecule has 0 radical (unpaired) electrons. The minimum atomic E-state index is -1.62. The number of nitriles is 1. The zero-order valence-corrected chi connectivity index (χ0v) is 19.0. The number of fused-ring (bicyclic) bond motifs is 4. The van der Waals surface area contributed by atoms with Crippen molar-refractivity contribution < 1.29 is 19.1 Å². The summed E-state index contributed by atoms with van der Waals surface area (Å²) in [5, 5.41) is 23.8. The van der Waals surface area contributed by atoms with E-state index in [1.54, 1.807) is 55.5 Å². The Morgan fingerprint density at radius 1 is 1.32 bits per heavy atom. The molecule has 2 aliphatic rings. The molecule has 1 amide bonds. The number of hydrogen-bond acceptors (Lipinski definition) is 7. The number of para-hydroxylation sites is 1. The Hall–Kier alpha value is -4.16. The first-order valence-corrected chi connectivity index (χ1v) is 10.7. The average molecular weight is 476 g/mol. The molecule has 170 valence electrons. The van der Waals surface area contributed by atoms with Gasteiger partial charge in [-0.1, -0.05) is 35.9 Å². The van der Waals surface area contributed by atoms with Crippen LogP contribution in [0.5, 0.6) is 5.88 Å². The predicted molar refractivity (Wildman–Crippen MR) is 122 cm³/mol. The highest BCUT2D eigenvalue weighted by atomic mass is 35.5. The quantitative estimate of drug-likeness (QED) is 0.581. The number of ether oxygens (including phenoxy) is 2. The Balaban J connectivity index is 1.83. The van der Waals surface area contributed by atoms with Gasteiger partial charge in [-0.15, -0.1) is 0 Å². The smallest absolute Gasteiger partial charge is 0.325 e. The lowest BCUT2D eigenvalue weighted by Gasteiger charge is -2.36. The van der Waals surface area contributed by atoms with Crippen LogP contribution >= 0.6 is 11.6 Å². The van der Waals surface area contributed by atoms with Gasteiger partial charge in [0.2, 0.25) is 17.7 Å². The maximum Gasteiger partial charge on any atom is 0.325 e. The van der Waals surface area contributed by atoms with Gasteiger partial charge in [-0.25, -0.2) is 4.68 Å². The standard InChI is InChI=1S/C24H18ClN5O4/c1-13-20-22(30(28-13)15-7-5-6-14(25)10-15)34-21(27)17(11-26)24(20)16-8-3-4-9-18(16)29(23(24)32)12-19(31)33-2/h3-10,17,27H,12H2,1-2H3. The molecule has 5 rings (SSSR count). The van der Waals surface area contributed by atoms with Crippen LogP contribution in [-0.4, -0.2) is 41.2 Å². The fraction of sp³-hybridized carbons (Fsp3) is 0.208. The number of halogens is 1. The molecule has 1 N–H and O–H groups in total. The number of nitrogens with one attached hydrogen (secondary N) is 1. The fourth-order valence-electron chi connectivity index (χ4n) is 4.85. The zero-order chi connectivity index (χ0) is 24.2. The highest BCUT2D eigenvalue weighted by Crippen LogP contribution is 2.56. The number of benzene rings is 2. The SMILES string of the molecule is COC(=O)CN1C(=O)C2(c3ccccc31)c1c(C)nn(-c3cccc(Cl)c3)c1OC(=N)C2C#N. The van der Waals surface area contributed by atoms with Crippen molar-refractivity contribution in [3.63, 3.8) is 0 Å². The topological polar surface area (TPSA) is 121 Å². The van der Waals surface area contributed by atoms with Crippen molar-refractivity contribution in [1.29, 1.82) is 10.7 Å². The van der Waals surface area contributed by atoms with Crippen molar-refractivity contribution in [2.45, 2.75) is 12.3 Å². The second-order valence-corrected chi connectivity index (χ2v) is 8.41.